The minimum atomic E-state index is -4.47. The van der Waals surface area contributed by atoms with Crippen LogP contribution < -0.4 is 10.1 Å². The first-order valence-electron chi connectivity index (χ1n) is 9.24. The molecule has 7 nitrogen and oxygen atoms in total. The van der Waals surface area contributed by atoms with Gasteiger partial charge in [-0.1, -0.05) is 20.8 Å². The topological polar surface area (TPSA) is 90.1 Å². The number of aromatic nitrogens is 3. The van der Waals surface area contributed by atoms with Gasteiger partial charge < -0.3 is 14.5 Å². The van der Waals surface area contributed by atoms with Gasteiger partial charge in [0.05, 0.1) is 0 Å². The number of carbonyl (C=O) groups is 1. The molecule has 0 aliphatic heterocycles. The fourth-order valence-corrected chi connectivity index (χ4v) is 2.84. The molecule has 1 aliphatic carbocycles. The number of halogens is 3. The molecule has 2 aromatic rings. The summed E-state index contributed by atoms with van der Waals surface area (Å²) in [5.41, 5.74) is 0.0841. The van der Waals surface area contributed by atoms with Crippen molar-refractivity contribution in [3.8, 4) is 5.75 Å². The highest BCUT2D eigenvalue weighted by atomic mass is 19.4. The second-order valence-corrected chi connectivity index (χ2v) is 8.22. The summed E-state index contributed by atoms with van der Waals surface area (Å²) in [6.45, 7) is 5.88. The van der Waals surface area contributed by atoms with Crippen LogP contribution in [0.1, 0.15) is 73.4 Å². The van der Waals surface area contributed by atoms with E-state index >= 15 is 0 Å². The number of hydrogen-bond donors (Lipinski definition) is 1. The van der Waals surface area contributed by atoms with Gasteiger partial charge in [0.1, 0.15) is 17.5 Å². The van der Waals surface area contributed by atoms with Crippen LogP contribution in [-0.4, -0.2) is 33.9 Å². The summed E-state index contributed by atoms with van der Waals surface area (Å²) in [6, 6.07) is 0.647. The minimum Gasteiger partial charge on any atom is -0.484 e. The maximum Gasteiger partial charge on any atom is 0.422 e. The molecule has 1 atom stereocenters. The highest BCUT2D eigenvalue weighted by Crippen LogP contribution is 2.44. The zero-order chi connectivity index (χ0) is 21.4. The highest BCUT2D eigenvalue weighted by Gasteiger charge is 2.35. The standard InChI is InChI=1S/C19H23F3N4O3/c1-10-25-26-17(29-10)15(18(2,3)4)24-16(27)13-7-14(28-9-19(20,21)22)12(8-23-13)11-5-6-11/h7-8,11,15H,5-6,9H2,1-4H3,(H,24,27). The lowest BCUT2D eigenvalue weighted by Gasteiger charge is -2.28. The van der Waals surface area contributed by atoms with Crippen LogP contribution in [0, 0.1) is 12.3 Å². The summed E-state index contributed by atoms with van der Waals surface area (Å²) in [4.78, 5) is 16.9. The van der Waals surface area contributed by atoms with E-state index in [1.54, 1.807) is 6.92 Å². The minimum absolute atomic E-state index is 0.0333. The normalized spacial score (nSPS) is 15.8. The number of nitrogens with zero attached hydrogens (tertiary/aromatic N) is 3. The van der Waals surface area contributed by atoms with Crippen LogP contribution in [0.15, 0.2) is 16.7 Å². The molecule has 1 N–H and O–H groups in total. The third kappa shape index (κ3) is 5.45. The number of rotatable bonds is 6. The van der Waals surface area contributed by atoms with Crippen molar-refractivity contribution in [2.75, 3.05) is 6.61 Å². The van der Waals surface area contributed by atoms with E-state index in [9.17, 15) is 18.0 Å². The Balaban J connectivity index is 1.83. The van der Waals surface area contributed by atoms with E-state index in [1.807, 2.05) is 20.8 Å². The molecule has 1 saturated carbocycles. The van der Waals surface area contributed by atoms with Crippen molar-refractivity contribution in [3.05, 3.63) is 35.3 Å². The molecular formula is C19H23F3N4O3. The van der Waals surface area contributed by atoms with Crippen molar-refractivity contribution in [3.63, 3.8) is 0 Å². The Morgan fingerprint density at radius 2 is 2.00 bits per heavy atom. The number of aryl methyl sites for hydroxylation is 1. The van der Waals surface area contributed by atoms with Gasteiger partial charge in [0.2, 0.25) is 11.8 Å². The Labute approximate surface area is 166 Å². The van der Waals surface area contributed by atoms with Crippen molar-refractivity contribution < 1.29 is 27.1 Å². The highest BCUT2D eigenvalue weighted by molar-refractivity contribution is 5.93. The Bertz CT molecular complexity index is 886. The summed E-state index contributed by atoms with van der Waals surface area (Å²) in [6.07, 6.45) is -1.34. The predicted octanol–water partition coefficient (Wildman–Crippen LogP) is 4.11. The zero-order valence-electron chi connectivity index (χ0n) is 16.6. The first kappa shape index (κ1) is 21.1. The Morgan fingerprint density at radius 1 is 1.31 bits per heavy atom. The number of ether oxygens (including phenoxy) is 1. The van der Waals surface area contributed by atoms with Crippen molar-refractivity contribution in [2.24, 2.45) is 5.41 Å². The van der Waals surface area contributed by atoms with Crippen LogP contribution in [0.25, 0.3) is 0 Å². The molecule has 1 amide bonds. The lowest BCUT2D eigenvalue weighted by Crippen LogP contribution is -2.37. The molecular weight excluding hydrogens is 389 g/mol. The van der Waals surface area contributed by atoms with Crippen LogP contribution in [0.4, 0.5) is 13.2 Å². The lowest BCUT2D eigenvalue weighted by molar-refractivity contribution is -0.153. The molecule has 0 bridgehead atoms. The van der Waals surface area contributed by atoms with Gasteiger partial charge in [-0.25, -0.2) is 0 Å². The second-order valence-electron chi connectivity index (χ2n) is 8.22. The molecule has 1 fully saturated rings. The van der Waals surface area contributed by atoms with Gasteiger partial charge in [-0.15, -0.1) is 10.2 Å². The number of pyridine rings is 1. The van der Waals surface area contributed by atoms with Gasteiger partial charge in [-0.05, 0) is 24.2 Å². The fourth-order valence-electron chi connectivity index (χ4n) is 2.84. The molecule has 2 heterocycles. The average Bonchev–Trinajstić information content (AvgIpc) is 3.37. The van der Waals surface area contributed by atoms with Gasteiger partial charge in [-0.2, -0.15) is 13.2 Å². The van der Waals surface area contributed by atoms with Gasteiger partial charge in [0, 0.05) is 24.8 Å². The van der Waals surface area contributed by atoms with E-state index in [-0.39, 0.29) is 23.3 Å². The second kappa shape index (κ2) is 7.64. The maximum atomic E-state index is 12.8. The predicted molar refractivity (Wildman–Crippen MR) is 96.5 cm³/mol. The van der Waals surface area contributed by atoms with E-state index in [1.165, 1.54) is 12.3 Å². The number of amides is 1. The third-order valence-corrected chi connectivity index (χ3v) is 4.47. The number of nitrogens with one attached hydrogen (secondary N) is 1. The van der Waals surface area contributed by atoms with Gasteiger partial charge in [-0.3, -0.25) is 9.78 Å². The summed E-state index contributed by atoms with van der Waals surface area (Å²) in [7, 11) is 0. The Hall–Kier alpha value is -2.65. The molecule has 1 aliphatic rings. The van der Waals surface area contributed by atoms with Gasteiger partial charge >= 0.3 is 6.18 Å². The van der Waals surface area contributed by atoms with E-state index in [4.69, 9.17) is 9.15 Å². The average molecular weight is 412 g/mol. The molecule has 0 radical (unpaired) electrons. The molecule has 1 unspecified atom stereocenters. The quantitative estimate of drug-likeness (QED) is 0.768. The first-order valence-corrected chi connectivity index (χ1v) is 9.24. The zero-order valence-corrected chi connectivity index (χ0v) is 16.6. The van der Waals surface area contributed by atoms with E-state index < -0.39 is 30.1 Å². The van der Waals surface area contributed by atoms with E-state index in [0.717, 1.165) is 12.8 Å². The number of carbonyl (C=O) groups excluding carboxylic acids is 1. The largest absolute Gasteiger partial charge is 0.484 e. The SMILES string of the molecule is Cc1nnc(C(NC(=O)c2cc(OCC(F)(F)F)c(C3CC3)cn2)C(C)(C)C)o1. The number of hydrogen-bond acceptors (Lipinski definition) is 6. The molecule has 10 heteroatoms. The lowest BCUT2D eigenvalue weighted by atomic mass is 9.86. The van der Waals surface area contributed by atoms with Crippen molar-refractivity contribution in [2.45, 2.75) is 58.7 Å². The van der Waals surface area contributed by atoms with Crippen molar-refractivity contribution >= 4 is 5.91 Å². The summed E-state index contributed by atoms with van der Waals surface area (Å²) >= 11 is 0. The van der Waals surface area contributed by atoms with Crippen LogP contribution in [-0.2, 0) is 0 Å². The molecule has 2 aromatic heterocycles. The van der Waals surface area contributed by atoms with Crippen molar-refractivity contribution in [1.29, 1.82) is 0 Å². The Morgan fingerprint density at radius 3 is 2.52 bits per heavy atom. The molecule has 3 rings (SSSR count). The fraction of sp³-hybridized carbons (Fsp3) is 0.579. The number of alkyl halides is 3. The summed E-state index contributed by atoms with van der Waals surface area (Å²) in [5.74, 6) is 0.183. The molecule has 0 aromatic carbocycles. The molecule has 158 valence electrons. The summed E-state index contributed by atoms with van der Waals surface area (Å²) < 4.78 is 48.2. The maximum absolute atomic E-state index is 12.8. The van der Waals surface area contributed by atoms with E-state index in [2.05, 4.69) is 20.5 Å². The van der Waals surface area contributed by atoms with Crippen LogP contribution >= 0.6 is 0 Å². The van der Waals surface area contributed by atoms with Crippen molar-refractivity contribution in [1.82, 2.24) is 20.5 Å². The molecule has 29 heavy (non-hydrogen) atoms. The third-order valence-electron chi connectivity index (χ3n) is 4.47. The summed E-state index contributed by atoms with van der Waals surface area (Å²) in [5, 5.41) is 10.6. The molecule has 0 spiro atoms. The first-order chi connectivity index (χ1) is 13.4. The van der Waals surface area contributed by atoms with Crippen LogP contribution in [0.5, 0.6) is 5.75 Å². The van der Waals surface area contributed by atoms with Crippen LogP contribution in [0.2, 0.25) is 0 Å². The van der Waals surface area contributed by atoms with Crippen LogP contribution in [0.3, 0.4) is 0 Å². The van der Waals surface area contributed by atoms with Gasteiger partial charge in [0.15, 0.2) is 6.61 Å². The van der Waals surface area contributed by atoms with E-state index in [0.29, 0.717) is 11.5 Å². The molecule has 0 saturated heterocycles. The monoisotopic (exact) mass is 412 g/mol. The van der Waals surface area contributed by atoms with Gasteiger partial charge in [0.25, 0.3) is 5.91 Å². The Kier molecular flexibility index (Phi) is 5.55. The smallest absolute Gasteiger partial charge is 0.422 e.